The van der Waals surface area contributed by atoms with E-state index in [9.17, 15) is 9.59 Å². The predicted molar refractivity (Wildman–Crippen MR) is 76.3 cm³/mol. The number of carbonyl (C=O) groups excluding carboxylic acids is 1. The summed E-state index contributed by atoms with van der Waals surface area (Å²) in [6, 6.07) is -0.563. The van der Waals surface area contributed by atoms with Crippen LogP contribution in [0.4, 0.5) is 0 Å². The third-order valence-electron chi connectivity index (χ3n) is 3.34. The van der Waals surface area contributed by atoms with Crippen molar-refractivity contribution < 1.29 is 4.79 Å². The molecular formula is C12H15BrClN3O2. The molecule has 0 N–H and O–H groups in total. The molecule has 2 rings (SSSR count). The zero-order chi connectivity index (χ0) is 14.0. The molecule has 2 heterocycles. The highest BCUT2D eigenvalue weighted by Gasteiger charge is 2.24. The topological polar surface area (TPSA) is 55.2 Å². The Bertz CT molecular complexity index is 540. The number of rotatable bonds is 2. The Hall–Kier alpha value is -0.880. The third kappa shape index (κ3) is 3.00. The molecule has 1 aliphatic heterocycles. The second-order valence-electron chi connectivity index (χ2n) is 4.62. The fourth-order valence-corrected chi connectivity index (χ4v) is 2.63. The summed E-state index contributed by atoms with van der Waals surface area (Å²) in [5.41, 5.74) is -0.335. The number of likely N-dealkylation sites (tertiary alicyclic amines) is 1. The zero-order valence-corrected chi connectivity index (χ0v) is 12.9. The standard InChI is InChI=1S/C12H15BrClN3O2/c1-8(11(18)16-5-3-2-4-6-16)17-7-15-10(14)9(13)12(17)19/h7-8H,2-6H2,1H3. The molecule has 1 aliphatic rings. The van der Waals surface area contributed by atoms with Gasteiger partial charge in [-0.1, -0.05) is 11.6 Å². The van der Waals surface area contributed by atoms with Gasteiger partial charge in [-0.05, 0) is 42.1 Å². The number of piperidine rings is 1. The second kappa shape index (κ2) is 6.05. The lowest BCUT2D eigenvalue weighted by atomic mass is 10.1. The molecule has 1 unspecified atom stereocenters. The molecule has 1 fully saturated rings. The first-order valence-electron chi connectivity index (χ1n) is 6.23. The van der Waals surface area contributed by atoms with Crippen molar-refractivity contribution in [3.05, 3.63) is 26.3 Å². The molecular weight excluding hydrogens is 334 g/mol. The van der Waals surface area contributed by atoms with Gasteiger partial charge >= 0.3 is 0 Å². The summed E-state index contributed by atoms with van der Waals surface area (Å²) in [5, 5.41) is 0.110. The smallest absolute Gasteiger partial charge is 0.269 e. The number of amides is 1. The predicted octanol–water partition coefficient (Wildman–Crippen LogP) is 2.23. The van der Waals surface area contributed by atoms with Crippen LogP contribution in [0.1, 0.15) is 32.2 Å². The van der Waals surface area contributed by atoms with E-state index in [1.807, 2.05) is 4.90 Å². The molecule has 5 nitrogen and oxygen atoms in total. The van der Waals surface area contributed by atoms with E-state index in [1.165, 1.54) is 10.9 Å². The van der Waals surface area contributed by atoms with Crippen LogP contribution < -0.4 is 5.56 Å². The number of halogens is 2. The Morgan fingerprint density at radius 2 is 2.05 bits per heavy atom. The van der Waals surface area contributed by atoms with Crippen LogP contribution in [0.15, 0.2) is 15.6 Å². The molecule has 1 amide bonds. The average molecular weight is 349 g/mol. The molecule has 0 spiro atoms. The zero-order valence-electron chi connectivity index (χ0n) is 10.6. The quantitative estimate of drug-likeness (QED) is 0.770. The molecule has 0 radical (unpaired) electrons. The average Bonchev–Trinajstić information content (AvgIpc) is 2.44. The van der Waals surface area contributed by atoms with E-state index in [0.717, 1.165) is 32.4 Å². The summed E-state index contributed by atoms with van der Waals surface area (Å²) < 4.78 is 1.50. The summed E-state index contributed by atoms with van der Waals surface area (Å²) >= 11 is 8.84. The normalized spacial score (nSPS) is 17.3. The Balaban J connectivity index is 2.24. The van der Waals surface area contributed by atoms with Gasteiger partial charge in [-0.3, -0.25) is 14.2 Å². The molecule has 19 heavy (non-hydrogen) atoms. The lowest BCUT2D eigenvalue weighted by Gasteiger charge is -2.29. The second-order valence-corrected chi connectivity index (χ2v) is 5.77. The van der Waals surface area contributed by atoms with Crippen molar-refractivity contribution in [3.63, 3.8) is 0 Å². The molecule has 0 aromatic carbocycles. The first kappa shape index (κ1) is 14.5. The minimum atomic E-state index is -0.563. The van der Waals surface area contributed by atoms with Gasteiger partial charge in [-0.15, -0.1) is 0 Å². The van der Waals surface area contributed by atoms with E-state index in [0.29, 0.717) is 0 Å². The van der Waals surface area contributed by atoms with Crippen LogP contribution in [0, 0.1) is 0 Å². The van der Waals surface area contributed by atoms with E-state index in [4.69, 9.17) is 11.6 Å². The van der Waals surface area contributed by atoms with Crippen molar-refractivity contribution >= 4 is 33.4 Å². The lowest BCUT2D eigenvalue weighted by Crippen LogP contribution is -2.42. The Kier molecular flexibility index (Phi) is 4.62. The van der Waals surface area contributed by atoms with Gasteiger partial charge in [0.2, 0.25) is 5.91 Å². The minimum absolute atomic E-state index is 0.0437. The van der Waals surface area contributed by atoms with Crippen LogP contribution in [0.2, 0.25) is 5.15 Å². The molecule has 0 aliphatic carbocycles. The van der Waals surface area contributed by atoms with Crippen molar-refractivity contribution in [1.29, 1.82) is 0 Å². The first-order chi connectivity index (χ1) is 9.02. The SMILES string of the molecule is CC(C(=O)N1CCCCC1)n1cnc(Cl)c(Br)c1=O. The molecule has 1 aromatic rings. The monoisotopic (exact) mass is 347 g/mol. The highest BCUT2D eigenvalue weighted by atomic mass is 79.9. The fourth-order valence-electron chi connectivity index (χ4n) is 2.20. The van der Waals surface area contributed by atoms with Crippen molar-refractivity contribution in [2.24, 2.45) is 0 Å². The maximum absolute atomic E-state index is 12.3. The Morgan fingerprint density at radius 1 is 1.42 bits per heavy atom. The van der Waals surface area contributed by atoms with Crippen LogP contribution in [0.5, 0.6) is 0 Å². The fraction of sp³-hybridized carbons (Fsp3) is 0.583. The van der Waals surface area contributed by atoms with Crippen LogP contribution in [0.25, 0.3) is 0 Å². The summed E-state index contributed by atoms with van der Waals surface area (Å²) in [6.07, 6.45) is 4.53. The molecule has 1 saturated heterocycles. The molecule has 1 atom stereocenters. The maximum atomic E-state index is 12.3. The highest BCUT2D eigenvalue weighted by molar-refractivity contribution is 9.10. The van der Waals surface area contributed by atoms with Gasteiger partial charge < -0.3 is 4.90 Å². The largest absolute Gasteiger partial charge is 0.341 e. The van der Waals surface area contributed by atoms with E-state index in [-0.39, 0.29) is 21.1 Å². The summed E-state index contributed by atoms with van der Waals surface area (Å²) in [4.78, 5) is 30.1. The van der Waals surface area contributed by atoms with Gasteiger partial charge in [-0.25, -0.2) is 4.98 Å². The lowest BCUT2D eigenvalue weighted by molar-refractivity contribution is -0.135. The van der Waals surface area contributed by atoms with Crippen LogP contribution in [-0.4, -0.2) is 33.4 Å². The Morgan fingerprint density at radius 3 is 2.68 bits per heavy atom. The number of nitrogens with zero attached hydrogens (tertiary/aromatic N) is 3. The van der Waals surface area contributed by atoms with Crippen molar-refractivity contribution in [2.75, 3.05) is 13.1 Å². The summed E-state index contributed by atoms with van der Waals surface area (Å²) in [5.74, 6) is -0.0437. The summed E-state index contributed by atoms with van der Waals surface area (Å²) in [7, 11) is 0. The minimum Gasteiger partial charge on any atom is -0.341 e. The van der Waals surface area contributed by atoms with Crippen LogP contribution in [-0.2, 0) is 4.79 Å². The third-order valence-corrected chi connectivity index (χ3v) is 4.57. The van der Waals surface area contributed by atoms with Crippen molar-refractivity contribution in [3.8, 4) is 0 Å². The Labute approximate surface area is 124 Å². The van der Waals surface area contributed by atoms with Gasteiger partial charge in [0, 0.05) is 13.1 Å². The number of hydrogen-bond donors (Lipinski definition) is 0. The molecule has 104 valence electrons. The highest BCUT2D eigenvalue weighted by Crippen LogP contribution is 2.18. The van der Waals surface area contributed by atoms with Crippen molar-refractivity contribution in [2.45, 2.75) is 32.2 Å². The first-order valence-corrected chi connectivity index (χ1v) is 7.40. The number of hydrogen-bond acceptors (Lipinski definition) is 3. The van der Waals surface area contributed by atoms with E-state index in [2.05, 4.69) is 20.9 Å². The van der Waals surface area contributed by atoms with Gasteiger partial charge in [0.25, 0.3) is 5.56 Å². The molecule has 0 saturated carbocycles. The van der Waals surface area contributed by atoms with Crippen LogP contribution in [0.3, 0.4) is 0 Å². The van der Waals surface area contributed by atoms with E-state index < -0.39 is 6.04 Å². The van der Waals surface area contributed by atoms with Gasteiger partial charge in [0.05, 0.1) is 6.33 Å². The number of carbonyl (C=O) groups is 1. The molecule has 0 bridgehead atoms. The van der Waals surface area contributed by atoms with Gasteiger partial charge in [-0.2, -0.15) is 0 Å². The van der Waals surface area contributed by atoms with E-state index in [1.54, 1.807) is 6.92 Å². The number of aromatic nitrogens is 2. The van der Waals surface area contributed by atoms with Crippen LogP contribution >= 0.6 is 27.5 Å². The summed E-state index contributed by atoms with van der Waals surface area (Å²) in [6.45, 7) is 3.24. The van der Waals surface area contributed by atoms with Crippen molar-refractivity contribution in [1.82, 2.24) is 14.5 Å². The molecule has 7 heteroatoms. The van der Waals surface area contributed by atoms with Gasteiger partial charge in [0.1, 0.15) is 10.5 Å². The maximum Gasteiger partial charge on any atom is 0.269 e. The van der Waals surface area contributed by atoms with E-state index >= 15 is 0 Å². The molecule has 1 aromatic heterocycles. The van der Waals surface area contributed by atoms with Gasteiger partial charge in [0.15, 0.2) is 5.15 Å².